The van der Waals surface area contributed by atoms with E-state index in [1.54, 1.807) is 12.3 Å². The van der Waals surface area contributed by atoms with Crippen molar-refractivity contribution >= 4 is 17.9 Å². The summed E-state index contributed by atoms with van der Waals surface area (Å²) in [5, 5.41) is 0.637. The number of piperidine rings is 1. The Bertz CT molecular complexity index is 1400. The summed E-state index contributed by atoms with van der Waals surface area (Å²) >= 11 is 6.00. The number of nitrogens with zero attached hydrogens (tertiary/aromatic N) is 2. The molecule has 1 unspecified atom stereocenters. The first-order valence-electron chi connectivity index (χ1n) is 17.8. The van der Waals surface area contributed by atoms with Crippen LogP contribution in [0.15, 0.2) is 66.9 Å². The van der Waals surface area contributed by atoms with Gasteiger partial charge in [-0.15, -0.1) is 11.6 Å². The van der Waals surface area contributed by atoms with E-state index in [-0.39, 0.29) is 31.1 Å². The zero-order valence-corrected chi connectivity index (χ0v) is 36.5. The van der Waals surface area contributed by atoms with Gasteiger partial charge in [-0.2, -0.15) is 17.7 Å². The van der Waals surface area contributed by atoms with Crippen LogP contribution in [0.3, 0.4) is 0 Å². The van der Waals surface area contributed by atoms with Crippen molar-refractivity contribution in [2.75, 3.05) is 26.2 Å². The van der Waals surface area contributed by atoms with Gasteiger partial charge in [-0.3, -0.25) is 9.88 Å². The third-order valence-corrected chi connectivity index (χ3v) is 8.99. The summed E-state index contributed by atoms with van der Waals surface area (Å²) in [6.45, 7) is 26.8. The summed E-state index contributed by atoms with van der Waals surface area (Å²) < 4.78 is 11.8. The summed E-state index contributed by atoms with van der Waals surface area (Å²) in [5.74, 6) is 1.52. The molecule has 7 heteroatoms. The number of likely N-dealkylation sites (tertiary alicyclic amines) is 1. The van der Waals surface area contributed by atoms with Crippen LogP contribution in [-0.2, 0) is 15.1 Å². The predicted molar refractivity (Wildman–Crippen MR) is 203 cm³/mol. The number of hydrogen-bond acceptors (Lipinski definition) is 5. The van der Waals surface area contributed by atoms with Crippen LogP contribution in [0, 0.1) is 51.9 Å². The quantitative estimate of drug-likeness (QED) is 0.150. The minimum atomic E-state index is -0.536. The summed E-state index contributed by atoms with van der Waals surface area (Å²) in [6, 6.07) is 15.8. The molecule has 5 nitrogen and oxygen atoms in total. The second-order valence-corrected chi connectivity index (χ2v) is 13.7. The Kier molecular flexibility index (Phi) is 21.6. The average Bonchev–Trinajstić information content (AvgIpc) is 3.05. The number of aromatic nitrogens is 1. The molecule has 0 amide bonds. The van der Waals surface area contributed by atoms with Crippen LogP contribution >= 0.6 is 11.6 Å². The van der Waals surface area contributed by atoms with E-state index in [0.29, 0.717) is 22.6 Å². The van der Waals surface area contributed by atoms with Gasteiger partial charge >= 0.3 is 0 Å². The van der Waals surface area contributed by atoms with Crippen molar-refractivity contribution in [3.05, 3.63) is 105 Å². The van der Waals surface area contributed by atoms with E-state index in [1.165, 1.54) is 47.9 Å². The molecule has 3 aromatic rings. The van der Waals surface area contributed by atoms with Crippen LogP contribution in [0.25, 0.3) is 0 Å². The van der Waals surface area contributed by atoms with Crippen molar-refractivity contribution in [2.24, 2.45) is 0 Å². The molecule has 2 aliphatic heterocycles. The second-order valence-electron chi connectivity index (χ2n) is 13.3. The van der Waals surface area contributed by atoms with Gasteiger partial charge in [0.05, 0.1) is 23.1 Å². The standard InChI is InChI=1S/C24H31ClN2O.C9H9O.C7H14O.C2H6.U/c1-17(2)16-27-13-11-19(12-14-27)21-8-6-7-18(3)23(21)28-24(4,5)22-10-9-20(25)15-26-22;1-7-3-4-9(6-10)5-8(7)2;1-2-3-4-7-5-6-8-7;1-2;/h6-10,15,19H,1,11-14,16H2,2-5H3;3-5H,1-2H3;7H,2-6H2,1H3;1-2H3;/q;-1;;;. The van der Waals surface area contributed by atoms with Crippen molar-refractivity contribution in [2.45, 2.75) is 118 Å². The number of benzene rings is 2. The van der Waals surface area contributed by atoms with E-state index in [9.17, 15) is 4.79 Å². The number of carbonyl (C=O) groups excluding carboxylic acids is 1. The molecule has 0 spiro atoms. The zero-order valence-electron chi connectivity index (χ0n) is 31.6. The SMILES string of the molecule is C=C(C)CN1CCC(c2cccc(C)c2OC(C)(C)c2ccc(Cl)cn2)CC1.CC.CCCCC1CCO1.Cc1ccc([C-]=O)cc1C.[U]. The van der Waals surface area contributed by atoms with Gasteiger partial charge in [0, 0.05) is 50.5 Å². The molecule has 0 radical (unpaired) electrons. The summed E-state index contributed by atoms with van der Waals surface area (Å²) in [7, 11) is 0. The minimum absolute atomic E-state index is 0. The molecule has 1 atom stereocenters. The first-order valence-corrected chi connectivity index (χ1v) is 18.2. The van der Waals surface area contributed by atoms with Crippen LogP contribution in [0.1, 0.15) is 119 Å². The maximum Gasteiger partial charge on any atom is 0.145 e. The fourth-order valence-electron chi connectivity index (χ4n) is 5.71. The smallest absolute Gasteiger partial charge is 0.145 e. The zero-order chi connectivity index (χ0) is 35.7. The Labute approximate surface area is 327 Å². The van der Waals surface area contributed by atoms with Crippen LogP contribution in [0.2, 0.25) is 5.02 Å². The molecule has 5 rings (SSSR count). The maximum absolute atomic E-state index is 10.1. The average molecular weight is 914 g/mol. The van der Waals surface area contributed by atoms with Crippen LogP contribution in [-0.4, -0.2) is 48.5 Å². The number of hydrogen-bond donors (Lipinski definition) is 0. The van der Waals surface area contributed by atoms with Gasteiger partial charge in [-0.1, -0.05) is 88.1 Å². The Morgan fingerprint density at radius 3 is 2.22 bits per heavy atom. The third-order valence-electron chi connectivity index (χ3n) is 8.76. The maximum atomic E-state index is 10.1. The largest absolute Gasteiger partial charge is 0.481 e. The number of halogens is 1. The molecule has 2 fully saturated rings. The van der Waals surface area contributed by atoms with Crippen molar-refractivity contribution in [1.29, 1.82) is 0 Å². The van der Waals surface area contributed by atoms with Gasteiger partial charge < -0.3 is 14.3 Å². The molecule has 268 valence electrons. The van der Waals surface area contributed by atoms with Crippen LogP contribution in [0.4, 0.5) is 0 Å². The van der Waals surface area contributed by atoms with Crippen LogP contribution in [0.5, 0.6) is 5.75 Å². The molecule has 2 aliphatic rings. The Hall–Kier alpha value is -1.94. The Morgan fingerprint density at radius 2 is 1.71 bits per heavy atom. The summed E-state index contributed by atoms with van der Waals surface area (Å²) in [4.78, 5) is 17.1. The van der Waals surface area contributed by atoms with Crippen molar-refractivity contribution < 1.29 is 45.4 Å². The molecule has 0 saturated carbocycles. The fraction of sp³-hybridized carbons (Fsp3) is 0.524. The van der Waals surface area contributed by atoms with Gasteiger partial charge in [0.1, 0.15) is 11.4 Å². The molecule has 1 aromatic heterocycles. The Morgan fingerprint density at radius 1 is 1.04 bits per heavy atom. The molecular weight excluding hydrogens is 854 g/mol. The van der Waals surface area contributed by atoms with Gasteiger partial charge in [0.25, 0.3) is 0 Å². The molecule has 3 heterocycles. The number of unbranched alkanes of at least 4 members (excludes halogenated alkanes) is 1. The molecule has 2 saturated heterocycles. The van der Waals surface area contributed by atoms with Crippen LogP contribution < -0.4 is 4.74 Å². The van der Waals surface area contributed by atoms with E-state index in [0.717, 1.165) is 56.1 Å². The van der Waals surface area contributed by atoms with Crippen molar-refractivity contribution in [3.8, 4) is 5.75 Å². The molecular formula is C42H60ClN2O3U-. The first-order chi connectivity index (χ1) is 22.9. The number of rotatable bonds is 10. The summed E-state index contributed by atoms with van der Waals surface area (Å²) in [5.41, 5.74) is 7.04. The molecule has 0 aliphatic carbocycles. The predicted octanol–water partition coefficient (Wildman–Crippen LogP) is 10.9. The topological polar surface area (TPSA) is 51.7 Å². The molecule has 0 bridgehead atoms. The van der Waals surface area contributed by atoms with E-state index in [2.05, 4.69) is 69.3 Å². The van der Waals surface area contributed by atoms with E-state index < -0.39 is 5.60 Å². The van der Waals surface area contributed by atoms with Gasteiger partial charge in [0.2, 0.25) is 0 Å². The second kappa shape index (κ2) is 23.5. The van der Waals surface area contributed by atoms with E-state index in [4.69, 9.17) is 21.1 Å². The molecule has 2 aromatic carbocycles. The minimum Gasteiger partial charge on any atom is -0.481 e. The van der Waals surface area contributed by atoms with Gasteiger partial charge in [-0.25, -0.2) is 0 Å². The summed E-state index contributed by atoms with van der Waals surface area (Å²) in [6.07, 6.45) is 11.7. The third kappa shape index (κ3) is 15.5. The van der Waals surface area contributed by atoms with E-state index >= 15 is 0 Å². The van der Waals surface area contributed by atoms with E-state index in [1.807, 2.05) is 58.2 Å². The monoisotopic (exact) mass is 913 g/mol. The van der Waals surface area contributed by atoms with Crippen molar-refractivity contribution in [1.82, 2.24) is 9.88 Å². The normalized spacial score (nSPS) is 15.8. The number of para-hydroxylation sites is 1. The number of pyridine rings is 1. The fourth-order valence-corrected chi connectivity index (χ4v) is 5.82. The van der Waals surface area contributed by atoms with Gasteiger partial charge in [-0.05, 0) is 103 Å². The first kappa shape index (κ1) is 45.1. The molecule has 49 heavy (non-hydrogen) atoms. The van der Waals surface area contributed by atoms with Crippen molar-refractivity contribution in [3.63, 3.8) is 0 Å². The number of aryl methyl sites for hydroxylation is 3. The van der Waals surface area contributed by atoms with Gasteiger partial charge in [0.15, 0.2) is 0 Å². The Balaban J connectivity index is 0.000000466. The molecule has 0 N–H and O–H groups in total. The number of ether oxygens (including phenoxy) is 2.